The van der Waals surface area contributed by atoms with Crippen LogP contribution in [-0.2, 0) is 65.4 Å². The summed E-state index contributed by atoms with van der Waals surface area (Å²) in [6.07, 6.45) is 82.3. The number of hydrogen-bond acceptors (Lipinski definition) is 15. The monoisotopic (exact) mass is 1510 g/mol. The van der Waals surface area contributed by atoms with Crippen LogP contribution in [0.5, 0.6) is 0 Å². The normalized spacial score (nSPS) is 14.3. The van der Waals surface area contributed by atoms with Crippen LogP contribution in [0, 0.1) is 0 Å². The number of ether oxygens (including phenoxy) is 4. The van der Waals surface area contributed by atoms with Gasteiger partial charge >= 0.3 is 39.5 Å². The van der Waals surface area contributed by atoms with E-state index >= 15 is 0 Å². The van der Waals surface area contributed by atoms with Gasteiger partial charge in [-0.3, -0.25) is 37.3 Å². The molecule has 0 aromatic heterocycles. The summed E-state index contributed by atoms with van der Waals surface area (Å²) >= 11 is 0. The van der Waals surface area contributed by atoms with Gasteiger partial charge in [0.15, 0.2) is 12.2 Å². The third-order valence-electron chi connectivity index (χ3n) is 17.5. The van der Waals surface area contributed by atoms with Crippen molar-refractivity contribution in [2.75, 3.05) is 39.6 Å². The highest BCUT2D eigenvalue weighted by Gasteiger charge is 2.30. The molecule has 0 spiro atoms. The minimum absolute atomic E-state index is 0.0823. The molecule has 0 aromatic carbocycles. The molecule has 0 saturated heterocycles. The summed E-state index contributed by atoms with van der Waals surface area (Å²) in [5.41, 5.74) is 0. The second-order valence-electron chi connectivity index (χ2n) is 27.7. The van der Waals surface area contributed by atoms with Crippen LogP contribution < -0.4 is 0 Å². The fraction of sp³-hybridized carbons (Fsp3) is 0.765. The van der Waals surface area contributed by atoms with E-state index in [1.54, 1.807) is 0 Å². The van der Waals surface area contributed by atoms with Crippen LogP contribution >= 0.6 is 15.6 Å². The van der Waals surface area contributed by atoms with Crippen molar-refractivity contribution in [1.29, 1.82) is 0 Å². The van der Waals surface area contributed by atoms with Gasteiger partial charge in [0.2, 0.25) is 0 Å². The molecule has 602 valence electrons. The van der Waals surface area contributed by atoms with Crippen molar-refractivity contribution >= 4 is 39.5 Å². The molecule has 0 aliphatic heterocycles. The lowest BCUT2D eigenvalue weighted by Crippen LogP contribution is -2.30. The average Bonchev–Trinajstić information content (AvgIpc) is 0.929. The Kier molecular flexibility index (Phi) is 74.2. The first-order valence-corrected chi connectivity index (χ1v) is 44.5. The van der Waals surface area contributed by atoms with E-state index in [9.17, 15) is 43.2 Å². The lowest BCUT2D eigenvalue weighted by atomic mass is 10.0. The molecule has 0 amide bonds. The molecule has 0 bridgehead atoms. The third kappa shape index (κ3) is 76.2. The maximum absolute atomic E-state index is 13.1. The lowest BCUT2D eigenvalue weighted by Gasteiger charge is -2.21. The van der Waals surface area contributed by atoms with E-state index in [0.717, 1.165) is 186 Å². The van der Waals surface area contributed by atoms with Gasteiger partial charge in [0.1, 0.15) is 19.3 Å². The molecule has 5 unspecified atom stereocenters. The highest BCUT2D eigenvalue weighted by molar-refractivity contribution is 7.47. The van der Waals surface area contributed by atoms with E-state index in [2.05, 4.69) is 125 Å². The zero-order chi connectivity index (χ0) is 76.0. The highest BCUT2D eigenvalue weighted by Crippen LogP contribution is 2.45. The van der Waals surface area contributed by atoms with Gasteiger partial charge in [0.25, 0.3) is 0 Å². The summed E-state index contributed by atoms with van der Waals surface area (Å²) in [7, 11) is -9.96. The number of allylic oxidation sites excluding steroid dienone is 16. The van der Waals surface area contributed by atoms with E-state index in [4.69, 9.17) is 37.0 Å². The highest BCUT2D eigenvalue weighted by atomic mass is 31.2. The van der Waals surface area contributed by atoms with Gasteiger partial charge in [-0.2, -0.15) is 0 Å². The van der Waals surface area contributed by atoms with Gasteiger partial charge in [-0.25, -0.2) is 9.13 Å². The van der Waals surface area contributed by atoms with E-state index in [0.29, 0.717) is 25.7 Å². The Morgan fingerprint density at radius 2 is 0.510 bits per heavy atom. The Labute approximate surface area is 633 Å². The number of carbonyl (C=O) groups is 4. The summed E-state index contributed by atoms with van der Waals surface area (Å²) in [6, 6.07) is 0. The molecule has 104 heavy (non-hydrogen) atoms. The van der Waals surface area contributed by atoms with Crippen LogP contribution in [0.4, 0.5) is 0 Å². The second-order valence-corrected chi connectivity index (χ2v) is 30.6. The molecular formula is C85H150O17P2. The third-order valence-corrected chi connectivity index (χ3v) is 19.4. The van der Waals surface area contributed by atoms with Gasteiger partial charge in [-0.15, -0.1) is 0 Å². The van der Waals surface area contributed by atoms with Gasteiger partial charge in [-0.05, 0) is 122 Å². The Morgan fingerprint density at radius 1 is 0.279 bits per heavy atom. The summed E-state index contributed by atoms with van der Waals surface area (Å²) in [5, 5.41) is 10.6. The number of aliphatic hydroxyl groups excluding tert-OH is 1. The van der Waals surface area contributed by atoms with Gasteiger partial charge in [0.05, 0.1) is 26.4 Å². The standard InChI is InChI=1S/C85H150O17P2/c1-5-9-13-17-21-25-29-32-35-37-39-41-44-46-50-53-57-61-65-69-82(87)95-75-80(101-84(89)71-67-63-59-55-49-28-24-20-16-12-8-4)77-99-103(91,92)97-73-79(86)74-98-104(93,94)100-78-81(102-85(90)72-68-64-60-56-52-48-43-34-31-27-23-19-15-11-7-3)76-96-83(88)70-66-62-58-54-51-47-45-42-40-38-36-33-30-26-22-18-14-10-6-2/h10,14,20-22,24-26,32-33,35-36,39-42,79-81,86H,5-9,11-13,15-19,23,27-31,34,37-38,43-78H2,1-4H3,(H,91,92)(H,93,94)/b14-10-,24-20-,25-21-,26-22-,35-32-,36-33-,41-39-,42-40-. The zero-order valence-electron chi connectivity index (χ0n) is 65.9. The van der Waals surface area contributed by atoms with Crippen molar-refractivity contribution < 1.29 is 80.2 Å². The molecule has 17 nitrogen and oxygen atoms in total. The molecule has 0 fully saturated rings. The topological polar surface area (TPSA) is 237 Å². The fourth-order valence-electron chi connectivity index (χ4n) is 11.2. The molecule has 5 atom stereocenters. The Bertz CT molecular complexity index is 2350. The minimum Gasteiger partial charge on any atom is -0.462 e. The van der Waals surface area contributed by atoms with Crippen molar-refractivity contribution in [2.24, 2.45) is 0 Å². The van der Waals surface area contributed by atoms with Crippen LogP contribution in [-0.4, -0.2) is 96.7 Å². The summed E-state index contributed by atoms with van der Waals surface area (Å²) in [5.74, 6) is -2.19. The fourth-order valence-corrected chi connectivity index (χ4v) is 12.8. The lowest BCUT2D eigenvalue weighted by molar-refractivity contribution is -0.161. The van der Waals surface area contributed by atoms with E-state index < -0.39 is 97.5 Å². The first-order valence-electron chi connectivity index (χ1n) is 41.5. The number of rotatable bonds is 78. The predicted molar refractivity (Wildman–Crippen MR) is 427 cm³/mol. The summed E-state index contributed by atoms with van der Waals surface area (Å²) in [6.45, 7) is 4.72. The maximum atomic E-state index is 13.1. The number of carbonyl (C=O) groups excluding carboxylic acids is 4. The van der Waals surface area contributed by atoms with E-state index in [1.165, 1.54) is 96.3 Å². The molecule has 3 N–H and O–H groups in total. The summed E-state index contributed by atoms with van der Waals surface area (Å²) in [4.78, 5) is 73.1. The van der Waals surface area contributed by atoms with Crippen molar-refractivity contribution in [1.82, 2.24) is 0 Å². The van der Waals surface area contributed by atoms with E-state index in [1.807, 2.05) is 0 Å². The number of hydrogen-bond donors (Lipinski definition) is 3. The van der Waals surface area contributed by atoms with Crippen LogP contribution in [0.25, 0.3) is 0 Å². The molecule has 0 heterocycles. The molecule has 0 aromatic rings. The zero-order valence-corrected chi connectivity index (χ0v) is 67.7. The first kappa shape index (κ1) is 100.0. The van der Waals surface area contributed by atoms with Gasteiger partial charge in [0, 0.05) is 25.7 Å². The molecule has 0 radical (unpaired) electrons. The minimum atomic E-state index is -4.98. The number of esters is 4. The Morgan fingerprint density at radius 3 is 0.827 bits per heavy atom. The molecule has 19 heteroatoms. The number of phosphoric ester groups is 2. The van der Waals surface area contributed by atoms with Crippen molar-refractivity contribution in [2.45, 2.75) is 380 Å². The molecule has 0 saturated carbocycles. The predicted octanol–water partition coefficient (Wildman–Crippen LogP) is 24.3. The number of aliphatic hydroxyl groups is 1. The first-order chi connectivity index (χ1) is 50.7. The van der Waals surface area contributed by atoms with E-state index in [-0.39, 0.29) is 25.7 Å². The molecule has 0 aliphatic carbocycles. The Balaban J connectivity index is 5.31. The van der Waals surface area contributed by atoms with Crippen LogP contribution in [0.3, 0.4) is 0 Å². The summed E-state index contributed by atoms with van der Waals surface area (Å²) < 4.78 is 68.7. The quantitative estimate of drug-likeness (QED) is 0.0169. The Hall–Kier alpha value is -4.02. The maximum Gasteiger partial charge on any atom is 0.472 e. The van der Waals surface area contributed by atoms with Crippen LogP contribution in [0.15, 0.2) is 97.2 Å². The van der Waals surface area contributed by atoms with Crippen molar-refractivity contribution in [3.05, 3.63) is 97.2 Å². The smallest absolute Gasteiger partial charge is 0.462 e. The van der Waals surface area contributed by atoms with Gasteiger partial charge in [-0.1, -0.05) is 311 Å². The molecule has 0 aliphatic rings. The number of phosphoric acid groups is 2. The van der Waals surface area contributed by atoms with Crippen molar-refractivity contribution in [3.63, 3.8) is 0 Å². The SMILES string of the molecule is CC/C=C\C/C=C\C/C=C\C/C=C\CCCCCCCCC(=O)OCC(COP(=O)(O)OCC(O)COP(=O)(O)OCC(COC(=O)CCCCCCCC/C=C\C/C=C\C/C=C\CCCCC)OC(=O)CCCCCCC/C=C\CCCC)OC(=O)CCCCCCCCCCCCCCCCC. The van der Waals surface area contributed by atoms with Crippen LogP contribution in [0.2, 0.25) is 0 Å². The number of unbranched alkanes of at least 4 members (excludes halogenated alkanes) is 36. The van der Waals surface area contributed by atoms with Crippen molar-refractivity contribution in [3.8, 4) is 0 Å². The second kappa shape index (κ2) is 77.1. The molecular weight excluding hydrogens is 1350 g/mol. The largest absolute Gasteiger partial charge is 0.472 e. The average molecular weight is 1510 g/mol. The van der Waals surface area contributed by atoms with Gasteiger partial charge < -0.3 is 33.8 Å². The molecule has 0 rings (SSSR count). The van der Waals surface area contributed by atoms with Crippen LogP contribution in [0.1, 0.15) is 362 Å².